The molecule has 5 rings (SSSR count). The Morgan fingerprint density at radius 2 is 1.68 bits per heavy atom. The second kappa shape index (κ2) is 8.88. The molecule has 156 valence electrons. The lowest BCUT2D eigenvalue weighted by molar-refractivity contribution is 0.249. The molecule has 7 heteroatoms. The van der Waals surface area contributed by atoms with Gasteiger partial charge in [0.15, 0.2) is 11.6 Å². The summed E-state index contributed by atoms with van der Waals surface area (Å²) in [6, 6.07) is 20.0. The van der Waals surface area contributed by atoms with E-state index in [2.05, 4.69) is 26.2 Å². The molecule has 0 saturated carbocycles. The number of nitrogens with one attached hydrogen (secondary N) is 1. The average molecular weight is 431 g/mol. The molecule has 0 amide bonds. The fraction of sp³-hybridized carbons (Fsp3) is 0.208. The summed E-state index contributed by atoms with van der Waals surface area (Å²) in [5.74, 6) is 1.64. The molecule has 1 saturated heterocycles. The van der Waals surface area contributed by atoms with Crippen molar-refractivity contribution < 1.29 is 0 Å². The molecule has 2 aromatic heterocycles. The van der Waals surface area contributed by atoms with E-state index in [-0.39, 0.29) is 0 Å². The molecular weight excluding hydrogens is 408 g/mol. The predicted molar refractivity (Wildman–Crippen MR) is 126 cm³/mol. The second-order valence-corrected chi connectivity index (χ2v) is 8.08. The van der Waals surface area contributed by atoms with Crippen molar-refractivity contribution in [3.8, 4) is 0 Å². The summed E-state index contributed by atoms with van der Waals surface area (Å²) in [4.78, 5) is 18.8. The Labute approximate surface area is 186 Å². The van der Waals surface area contributed by atoms with Gasteiger partial charge in [-0.3, -0.25) is 9.88 Å². The molecule has 1 fully saturated rings. The molecular formula is C24H23ClN6. The molecule has 0 bridgehead atoms. The van der Waals surface area contributed by atoms with Gasteiger partial charge < -0.3 is 10.2 Å². The predicted octanol–water partition coefficient (Wildman–Crippen LogP) is 4.74. The minimum atomic E-state index is 0.759. The van der Waals surface area contributed by atoms with Crippen LogP contribution in [0.4, 0.5) is 17.3 Å². The van der Waals surface area contributed by atoms with E-state index in [0.29, 0.717) is 0 Å². The molecule has 1 aliphatic heterocycles. The van der Waals surface area contributed by atoms with Crippen LogP contribution in [0.15, 0.2) is 73.1 Å². The molecule has 0 unspecified atom stereocenters. The lowest BCUT2D eigenvalue weighted by Gasteiger charge is -2.36. The molecule has 3 heterocycles. The van der Waals surface area contributed by atoms with E-state index < -0.39 is 0 Å². The highest BCUT2D eigenvalue weighted by atomic mass is 35.5. The highest BCUT2D eigenvalue weighted by Crippen LogP contribution is 2.28. The van der Waals surface area contributed by atoms with Crippen molar-refractivity contribution in [1.82, 2.24) is 19.9 Å². The van der Waals surface area contributed by atoms with Crippen molar-refractivity contribution in [3.05, 3.63) is 83.6 Å². The van der Waals surface area contributed by atoms with Gasteiger partial charge in [0, 0.05) is 43.9 Å². The molecule has 4 aromatic rings. The molecule has 1 N–H and O–H groups in total. The zero-order valence-electron chi connectivity index (χ0n) is 17.1. The number of fused-ring (bicyclic) bond motifs is 1. The molecule has 0 spiro atoms. The largest absolute Gasteiger partial charge is 0.351 e. The Kier molecular flexibility index (Phi) is 5.65. The van der Waals surface area contributed by atoms with Gasteiger partial charge in [0.1, 0.15) is 0 Å². The average Bonchev–Trinajstić information content (AvgIpc) is 2.80. The first kappa shape index (κ1) is 19.7. The summed E-state index contributed by atoms with van der Waals surface area (Å²) in [7, 11) is 0. The molecule has 0 radical (unpaired) electrons. The number of benzene rings is 2. The van der Waals surface area contributed by atoms with E-state index in [0.717, 1.165) is 66.1 Å². The van der Waals surface area contributed by atoms with Gasteiger partial charge in [-0.25, -0.2) is 9.97 Å². The monoisotopic (exact) mass is 430 g/mol. The van der Waals surface area contributed by atoms with Crippen LogP contribution in [0.25, 0.3) is 11.0 Å². The summed E-state index contributed by atoms with van der Waals surface area (Å²) >= 11 is 6.14. The van der Waals surface area contributed by atoms with Crippen LogP contribution in [0.5, 0.6) is 0 Å². The van der Waals surface area contributed by atoms with E-state index in [1.807, 2.05) is 54.6 Å². The number of piperazine rings is 1. The number of hydrogen-bond acceptors (Lipinski definition) is 6. The maximum Gasteiger partial charge on any atom is 0.174 e. The maximum absolute atomic E-state index is 6.14. The van der Waals surface area contributed by atoms with Crippen molar-refractivity contribution in [2.75, 3.05) is 36.4 Å². The minimum absolute atomic E-state index is 0.759. The summed E-state index contributed by atoms with van der Waals surface area (Å²) in [6.45, 7) is 4.57. The van der Waals surface area contributed by atoms with Crippen LogP contribution < -0.4 is 10.2 Å². The van der Waals surface area contributed by atoms with Crippen molar-refractivity contribution in [2.24, 2.45) is 0 Å². The number of anilines is 3. The number of rotatable bonds is 5. The third kappa shape index (κ3) is 4.60. The highest BCUT2D eigenvalue weighted by molar-refractivity contribution is 6.30. The van der Waals surface area contributed by atoms with Crippen LogP contribution in [0, 0.1) is 0 Å². The minimum Gasteiger partial charge on any atom is -0.351 e. The van der Waals surface area contributed by atoms with Gasteiger partial charge in [0.2, 0.25) is 0 Å². The maximum atomic E-state index is 6.14. The molecule has 0 aliphatic carbocycles. The van der Waals surface area contributed by atoms with Crippen molar-refractivity contribution in [2.45, 2.75) is 6.54 Å². The van der Waals surface area contributed by atoms with E-state index in [1.54, 1.807) is 12.4 Å². The molecule has 1 aliphatic rings. The second-order valence-electron chi connectivity index (χ2n) is 7.64. The zero-order valence-corrected chi connectivity index (χ0v) is 17.8. The van der Waals surface area contributed by atoms with E-state index in [4.69, 9.17) is 21.6 Å². The molecule has 6 nitrogen and oxygen atoms in total. The van der Waals surface area contributed by atoms with Gasteiger partial charge in [-0.2, -0.15) is 0 Å². The zero-order chi connectivity index (χ0) is 21.0. The fourth-order valence-corrected chi connectivity index (χ4v) is 4.09. The van der Waals surface area contributed by atoms with Crippen LogP contribution in [0.3, 0.4) is 0 Å². The normalized spacial score (nSPS) is 14.7. The summed E-state index contributed by atoms with van der Waals surface area (Å²) in [6.07, 6.45) is 3.56. The molecule has 2 aromatic carbocycles. The first-order chi connectivity index (χ1) is 15.2. The smallest absolute Gasteiger partial charge is 0.174 e. The van der Waals surface area contributed by atoms with Gasteiger partial charge in [-0.15, -0.1) is 0 Å². The van der Waals surface area contributed by atoms with Crippen LogP contribution in [0.2, 0.25) is 5.02 Å². The van der Waals surface area contributed by atoms with E-state index in [9.17, 15) is 0 Å². The number of nitrogens with zero attached hydrogens (tertiary/aromatic N) is 5. The van der Waals surface area contributed by atoms with Crippen molar-refractivity contribution in [3.63, 3.8) is 0 Å². The Balaban J connectivity index is 1.37. The quantitative estimate of drug-likeness (QED) is 0.493. The summed E-state index contributed by atoms with van der Waals surface area (Å²) in [5, 5.41) is 4.20. The van der Waals surface area contributed by atoms with Crippen molar-refractivity contribution in [1.29, 1.82) is 0 Å². The molecule has 0 atom stereocenters. The molecule has 31 heavy (non-hydrogen) atoms. The summed E-state index contributed by atoms with van der Waals surface area (Å²) < 4.78 is 0. The van der Waals surface area contributed by atoms with Crippen LogP contribution >= 0.6 is 11.6 Å². The van der Waals surface area contributed by atoms with Gasteiger partial charge in [0.05, 0.1) is 22.9 Å². The third-order valence-corrected chi connectivity index (χ3v) is 5.68. The fourth-order valence-electron chi connectivity index (χ4n) is 3.88. The Morgan fingerprint density at radius 1 is 0.871 bits per heavy atom. The van der Waals surface area contributed by atoms with Crippen LogP contribution in [-0.2, 0) is 6.54 Å². The standard InChI is InChI=1S/C24H23ClN6/c25-19-6-3-5-18(15-19)17-30-11-13-31(14-12-30)24-23(27-20-7-4-10-26-16-20)28-21-8-1-2-9-22(21)29-24/h1-10,15-16H,11-14,17H2,(H,27,28). The lowest BCUT2D eigenvalue weighted by atomic mass is 10.2. The van der Waals surface area contributed by atoms with Gasteiger partial charge >= 0.3 is 0 Å². The highest BCUT2D eigenvalue weighted by Gasteiger charge is 2.22. The van der Waals surface area contributed by atoms with Gasteiger partial charge in [-0.1, -0.05) is 35.9 Å². The Bertz CT molecular complexity index is 1180. The van der Waals surface area contributed by atoms with E-state index in [1.165, 1.54) is 5.56 Å². The first-order valence-electron chi connectivity index (χ1n) is 10.4. The van der Waals surface area contributed by atoms with Crippen molar-refractivity contribution >= 4 is 40.0 Å². The topological polar surface area (TPSA) is 57.2 Å². The lowest BCUT2D eigenvalue weighted by Crippen LogP contribution is -2.46. The van der Waals surface area contributed by atoms with Crippen LogP contribution in [0.1, 0.15) is 5.56 Å². The third-order valence-electron chi connectivity index (χ3n) is 5.44. The Hall–Kier alpha value is -3.22. The first-order valence-corrected chi connectivity index (χ1v) is 10.8. The SMILES string of the molecule is Clc1cccc(CN2CCN(c3nc4ccccc4nc3Nc3cccnc3)CC2)c1. The number of para-hydroxylation sites is 2. The number of pyridine rings is 1. The Morgan fingerprint density at radius 3 is 2.42 bits per heavy atom. The van der Waals surface area contributed by atoms with Gasteiger partial charge in [-0.05, 0) is 42.0 Å². The van der Waals surface area contributed by atoms with E-state index >= 15 is 0 Å². The number of hydrogen-bond donors (Lipinski definition) is 1. The number of aromatic nitrogens is 3. The number of halogens is 1. The summed E-state index contributed by atoms with van der Waals surface area (Å²) in [5.41, 5.74) is 3.91. The van der Waals surface area contributed by atoms with Crippen LogP contribution in [-0.4, -0.2) is 46.0 Å². The van der Waals surface area contributed by atoms with Gasteiger partial charge in [0.25, 0.3) is 0 Å².